The fourth-order valence-corrected chi connectivity index (χ4v) is 3.66. The first-order valence-electron chi connectivity index (χ1n) is 6.32. The smallest absolute Gasteiger partial charge is 0.244 e. The van der Waals surface area contributed by atoms with Gasteiger partial charge < -0.3 is 10.2 Å². The minimum atomic E-state index is -4.18. The maximum atomic E-state index is 13.2. The van der Waals surface area contributed by atoms with Gasteiger partial charge in [0.15, 0.2) is 5.75 Å². The highest BCUT2D eigenvalue weighted by molar-refractivity contribution is 7.89. The van der Waals surface area contributed by atoms with Gasteiger partial charge in [-0.05, 0) is 29.8 Å². The maximum Gasteiger partial charge on any atom is 0.244 e. The zero-order valence-electron chi connectivity index (χ0n) is 11.5. The SMILES string of the molecule is O=S(=O)(NC(CO)c1ccc(F)c(Cl)c1)c1cccc(Cl)c1O. The second-order valence-corrected chi connectivity index (χ2v) is 7.11. The molecular formula is C14H12Cl2FNO4S. The number of halogens is 3. The van der Waals surface area contributed by atoms with Crippen molar-refractivity contribution in [1.29, 1.82) is 0 Å². The molecule has 0 bridgehead atoms. The van der Waals surface area contributed by atoms with Gasteiger partial charge in [-0.25, -0.2) is 17.5 Å². The number of hydrogen-bond acceptors (Lipinski definition) is 4. The van der Waals surface area contributed by atoms with Gasteiger partial charge in [-0.2, -0.15) is 0 Å². The Morgan fingerprint density at radius 3 is 2.48 bits per heavy atom. The summed E-state index contributed by atoms with van der Waals surface area (Å²) in [6.07, 6.45) is 0. The monoisotopic (exact) mass is 379 g/mol. The van der Waals surface area contributed by atoms with Crippen molar-refractivity contribution >= 4 is 33.2 Å². The average molecular weight is 380 g/mol. The molecule has 0 aromatic heterocycles. The van der Waals surface area contributed by atoms with E-state index in [4.69, 9.17) is 23.2 Å². The molecular weight excluding hydrogens is 368 g/mol. The Balaban J connectivity index is 2.37. The summed E-state index contributed by atoms with van der Waals surface area (Å²) < 4.78 is 40.1. The lowest BCUT2D eigenvalue weighted by Gasteiger charge is -2.18. The third-order valence-electron chi connectivity index (χ3n) is 3.07. The first-order chi connectivity index (χ1) is 10.8. The van der Waals surface area contributed by atoms with Crippen molar-refractivity contribution in [3.63, 3.8) is 0 Å². The van der Waals surface area contributed by atoms with Crippen LogP contribution in [0.3, 0.4) is 0 Å². The molecule has 2 aromatic rings. The van der Waals surface area contributed by atoms with Crippen molar-refractivity contribution < 1.29 is 23.0 Å². The van der Waals surface area contributed by atoms with Crippen molar-refractivity contribution in [1.82, 2.24) is 4.72 Å². The predicted molar refractivity (Wildman–Crippen MR) is 84.7 cm³/mol. The van der Waals surface area contributed by atoms with Crippen LogP contribution in [0.15, 0.2) is 41.3 Å². The van der Waals surface area contributed by atoms with E-state index >= 15 is 0 Å². The summed E-state index contributed by atoms with van der Waals surface area (Å²) in [6.45, 7) is -0.595. The van der Waals surface area contributed by atoms with Gasteiger partial charge in [0.2, 0.25) is 10.0 Å². The van der Waals surface area contributed by atoms with Crippen LogP contribution in [0.5, 0.6) is 5.75 Å². The van der Waals surface area contributed by atoms with Crippen LogP contribution >= 0.6 is 23.2 Å². The van der Waals surface area contributed by atoms with Gasteiger partial charge in [-0.3, -0.25) is 0 Å². The molecule has 0 spiro atoms. The van der Waals surface area contributed by atoms with Gasteiger partial charge in [-0.15, -0.1) is 0 Å². The minimum Gasteiger partial charge on any atom is -0.505 e. The lowest BCUT2D eigenvalue weighted by molar-refractivity contribution is 0.258. The molecule has 0 saturated carbocycles. The molecule has 0 radical (unpaired) electrons. The van der Waals surface area contributed by atoms with E-state index in [1.165, 1.54) is 24.3 Å². The van der Waals surface area contributed by atoms with E-state index in [0.717, 1.165) is 12.1 Å². The normalized spacial score (nSPS) is 13.0. The quantitative estimate of drug-likeness (QED) is 0.745. The van der Waals surface area contributed by atoms with E-state index in [1.807, 2.05) is 0 Å². The topological polar surface area (TPSA) is 86.6 Å². The van der Waals surface area contributed by atoms with Crippen LogP contribution in [0.1, 0.15) is 11.6 Å². The second-order valence-electron chi connectivity index (χ2n) is 4.62. The summed E-state index contributed by atoms with van der Waals surface area (Å²) in [5.74, 6) is -1.27. The average Bonchev–Trinajstić information content (AvgIpc) is 2.50. The molecule has 124 valence electrons. The van der Waals surface area contributed by atoms with Crippen molar-refractivity contribution in [3.8, 4) is 5.75 Å². The number of benzene rings is 2. The van der Waals surface area contributed by atoms with Gasteiger partial charge in [0, 0.05) is 0 Å². The number of phenols is 1. The van der Waals surface area contributed by atoms with Gasteiger partial charge in [0.25, 0.3) is 0 Å². The molecule has 2 aromatic carbocycles. The number of phenolic OH excluding ortho intramolecular Hbond substituents is 1. The Morgan fingerprint density at radius 2 is 1.87 bits per heavy atom. The highest BCUT2D eigenvalue weighted by atomic mass is 35.5. The summed E-state index contributed by atoms with van der Waals surface area (Å²) in [5, 5.41) is 18.9. The van der Waals surface area contributed by atoms with Gasteiger partial charge in [0.05, 0.1) is 22.7 Å². The predicted octanol–water partition coefficient (Wildman–Crippen LogP) is 2.85. The summed E-state index contributed by atoms with van der Waals surface area (Å²) in [7, 11) is -4.18. The lowest BCUT2D eigenvalue weighted by atomic mass is 10.1. The molecule has 0 saturated heterocycles. The molecule has 5 nitrogen and oxygen atoms in total. The third kappa shape index (κ3) is 3.94. The van der Waals surface area contributed by atoms with E-state index in [-0.39, 0.29) is 15.6 Å². The number of rotatable bonds is 5. The van der Waals surface area contributed by atoms with Crippen LogP contribution in [0, 0.1) is 5.82 Å². The summed E-state index contributed by atoms with van der Waals surface area (Å²) in [4.78, 5) is -0.434. The number of nitrogens with one attached hydrogen (secondary N) is 1. The zero-order valence-corrected chi connectivity index (χ0v) is 13.8. The molecule has 3 N–H and O–H groups in total. The molecule has 9 heteroatoms. The highest BCUT2D eigenvalue weighted by Crippen LogP contribution is 2.31. The fraction of sp³-hybridized carbons (Fsp3) is 0.143. The van der Waals surface area contributed by atoms with Crippen molar-refractivity contribution in [2.45, 2.75) is 10.9 Å². The van der Waals surface area contributed by atoms with E-state index in [0.29, 0.717) is 0 Å². The van der Waals surface area contributed by atoms with Gasteiger partial charge in [0.1, 0.15) is 10.7 Å². The minimum absolute atomic E-state index is 0.127. The summed E-state index contributed by atoms with van der Waals surface area (Å²) in [6, 6.07) is 6.34. The molecule has 0 aliphatic rings. The Hall–Kier alpha value is -1.38. The van der Waals surface area contributed by atoms with Crippen molar-refractivity contribution in [2.24, 2.45) is 0 Å². The molecule has 0 aliphatic carbocycles. The molecule has 2 rings (SSSR count). The van der Waals surface area contributed by atoms with Crippen LogP contribution in [0.2, 0.25) is 10.0 Å². The van der Waals surface area contributed by atoms with Crippen molar-refractivity contribution in [3.05, 3.63) is 57.8 Å². The standard InChI is InChI=1S/C14H12Cl2FNO4S/c15-9-2-1-3-13(14(9)20)23(21,22)18-12(7-19)8-4-5-11(17)10(16)6-8/h1-6,12,18-20H,7H2. The van der Waals surface area contributed by atoms with Gasteiger partial charge in [-0.1, -0.05) is 35.3 Å². The van der Waals surface area contributed by atoms with Gasteiger partial charge >= 0.3 is 0 Å². The van der Waals surface area contributed by atoms with Crippen LogP contribution in [0.25, 0.3) is 0 Å². The number of sulfonamides is 1. The first-order valence-corrected chi connectivity index (χ1v) is 8.56. The number of aliphatic hydroxyl groups is 1. The van der Waals surface area contributed by atoms with Crippen LogP contribution in [-0.2, 0) is 10.0 Å². The first kappa shape index (κ1) is 18.0. The van der Waals surface area contributed by atoms with E-state index in [2.05, 4.69) is 4.72 Å². The van der Waals surface area contributed by atoms with Crippen molar-refractivity contribution in [2.75, 3.05) is 6.61 Å². The Kier molecular flexibility index (Phi) is 5.49. The number of aromatic hydroxyl groups is 1. The van der Waals surface area contributed by atoms with Crippen LogP contribution in [0.4, 0.5) is 4.39 Å². The Morgan fingerprint density at radius 1 is 1.17 bits per heavy atom. The second kappa shape index (κ2) is 7.02. The molecule has 1 unspecified atom stereocenters. The zero-order chi connectivity index (χ0) is 17.2. The molecule has 1 atom stereocenters. The summed E-state index contributed by atoms with van der Waals surface area (Å²) in [5.41, 5.74) is 0.268. The van der Waals surface area contributed by atoms with E-state index in [9.17, 15) is 23.0 Å². The number of para-hydroxylation sites is 1. The fourth-order valence-electron chi connectivity index (χ4n) is 1.90. The molecule has 0 amide bonds. The Labute approximate surface area is 142 Å². The largest absolute Gasteiger partial charge is 0.505 e. The Bertz CT molecular complexity index is 830. The van der Waals surface area contributed by atoms with E-state index in [1.54, 1.807) is 0 Å². The third-order valence-corrected chi connectivity index (χ3v) is 5.16. The van der Waals surface area contributed by atoms with Crippen LogP contribution < -0.4 is 4.72 Å². The molecule has 0 heterocycles. The molecule has 0 fully saturated rings. The molecule has 0 aliphatic heterocycles. The highest BCUT2D eigenvalue weighted by Gasteiger charge is 2.25. The van der Waals surface area contributed by atoms with E-state index < -0.39 is 39.1 Å². The number of aliphatic hydroxyl groups excluding tert-OH is 1. The number of hydrogen-bond donors (Lipinski definition) is 3. The summed E-state index contributed by atoms with van der Waals surface area (Å²) >= 11 is 11.4. The molecule has 23 heavy (non-hydrogen) atoms. The van der Waals surface area contributed by atoms with Crippen LogP contribution in [-0.4, -0.2) is 25.2 Å². The lowest BCUT2D eigenvalue weighted by Crippen LogP contribution is -2.31. The maximum absolute atomic E-state index is 13.2.